The Hall–Kier alpha value is -0.760. The smallest absolute Gasteiger partial charge is 0.0648 e. The van der Waals surface area contributed by atoms with Crippen LogP contribution in [0.1, 0.15) is 19.5 Å². The van der Waals surface area contributed by atoms with E-state index in [1.54, 1.807) is 0 Å². The Kier molecular flexibility index (Phi) is 3.15. The number of halogens is 1. The second-order valence-corrected chi connectivity index (χ2v) is 4.77. The van der Waals surface area contributed by atoms with Gasteiger partial charge in [-0.3, -0.25) is 4.98 Å². The van der Waals surface area contributed by atoms with E-state index in [4.69, 9.17) is 11.6 Å². The predicted molar refractivity (Wildman–Crippen MR) is 64.3 cm³/mol. The van der Waals surface area contributed by atoms with Crippen molar-refractivity contribution in [3.63, 3.8) is 0 Å². The van der Waals surface area contributed by atoms with Crippen molar-refractivity contribution < 1.29 is 0 Å². The molecule has 0 N–H and O–H groups in total. The van der Waals surface area contributed by atoms with Crippen molar-refractivity contribution >= 4 is 17.3 Å². The van der Waals surface area contributed by atoms with E-state index >= 15 is 0 Å². The highest BCUT2D eigenvalue weighted by molar-refractivity contribution is 6.16. The van der Waals surface area contributed by atoms with Gasteiger partial charge in [-0.25, -0.2) is 0 Å². The molecule has 15 heavy (non-hydrogen) atoms. The van der Waals surface area contributed by atoms with Crippen molar-refractivity contribution in [3.8, 4) is 0 Å². The average Bonchev–Trinajstić information content (AvgIpc) is 2.59. The molecule has 2 nitrogen and oxygen atoms in total. The number of alkyl halides is 1. The Morgan fingerprint density at radius 2 is 2.07 bits per heavy atom. The lowest BCUT2D eigenvalue weighted by molar-refractivity contribution is 0.494. The Morgan fingerprint density at radius 3 is 2.67 bits per heavy atom. The van der Waals surface area contributed by atoms with Crippen LogP contribution in [0, 0.1) is 11.8 Å². The molecule has 1 fully saturated rings. The van der Waals surface area contributed by atoms with Gasteiger partial charge in [0.1, 0.15) is 0 Å². The van der Waals surface area contributed by atoms with Crippen LogP contribution in [0.3, 0.4) is 0 Å². The van der Waals surface area contributed by atoms with Gasteiger partial charge in [0.15, 0.2) is 0 Å². The van der Waals surface area contributed by atoms with E-state index in [1.165, 1.54) is 5.69 Å². The first-order valence-corrected chi connectivity index (χ1v) is 6.00. The SMILES string of the molecule is CC1CN(c2ccnc(CCl)c2)CC1C. The van der Waals surface area contributed by atoms with E-state index in [2.05, 4.69) is 35.9 Å². The van der Waals surface area contributed by atoms with Crippen LogP contribution >= 0.6 is 11.6 Å². The molecule has 1 aromatic heterocycles. The summed E-state index contributed by atoms with van der Waals surface area (Å²) in [6.45, 7) is 6.92. The molecule has 3 heteroatoms. The average molecular weight is 225 g/mol. The Labute approximate surface area is 96.3 Å². The highest BCUT2D eigenvalue weighted by atomic mass is 35.5. The second-order valence-electron chi connectivity index (χ2n) is 4.50. The molecule has 2 unspecified atom stereocenters. The molecule has 2 rings (SSSR count). The number of pyridine rings is 1. The molecule has 0 aromatic carbocycles. The Morgan fingerprint density at radius 1 is 1.40 bits per heavy atom. The molecule has 1 aromatic rings. The fourth-order valence-corrected chi connectivity index (χ4v) is 2.22. The molecule has 0 radical (unpaired) electrons. The van der Waals surface area contributed by atoms with Crippen molar-refractivity contribution in [2.75, 3.05) is 18.0 Å². The summed E-state index contributed by atoms with van der Waals surface area (Å²) in [7, 11) is 0. The molecule has 0 aliphatic carbocycles. The molecular weight excluding hydrogens is 208 g/mol. The van der Waals surface area contributed by atoms with E-state index < -0.39 is 0 Å². The predicted octanol–water partition coefficient (Wildman–Crippen LogP) is 2.91. The van der Waals surface area contributed by atoms with Gasteiger partial charge in [0.05, 0.1) is 11.6 Å². The number of aromatic nitrogens is 1. The molecule has 2 heterocycles. The van der Waals surface area contributed by atoms with Crippen LogP contribution in [0.2, 0.25) is 0 Å². The van der Waals surface area contributed by atoms with Crippen molar-refractivity contribution in [2.24, 2.45) is 11.8 Å². The van der Waals surface area contributed by atoms with Gasteiger partial charge in [0.25, 0.3) is 0 Å². The molecule has 0 bridgehead atoms. The lowest BCUT2D eigenvalue weighted by atomic mass is 10.0. The molecule has 1 aliphatic rings. The van der Waals surface area contributed by atoms with Crippen LogP contribution in [0.15, 0.2) is 18.3 Å². The summed E-state index contributed by atoms with van der Waals surface area (Å²) in [6, 6.07) is 4.17. The lowest BCUT2D eigenvalue weighted by Gasteiger charge is -2.18. The maximum absolute atomic E-state index is 5.78. The quantitative estimate of drug-likeness (QED) is 0.719. The molecule has 1 aliphatic heterocycles. The van der Waals surface area contributed by atoms with Crippen LogP contribution in [-0.2, 0) is 5.88 Å². The van der Waals surface area contributed by atoms with Gasteiger partial charge in [0.2, 0.25) is 0 Å². The van der Waals surface area contributed by atoms with Crippen molar-refractivity contribution in [1.82, 2.24) is 4.98 Å². The first-order chi connectivity index (χ1) is 7.20. The Balaban J connectivity index is 2.16. The number of hydrogen-bond acceptors (Lipinski definition) is 2. The summed E-state index contributed by atoms with van der Waals surface area (Å²) in [5, 5.41) is 0. The van der Waals surface area contributed by atoms with Crippen LogP contribution in [-0.4, -0.2) is 18.1 Å². The molecule has 0 amide bonds. The van der Waals surface area contributed by atoms with Crippen LogP contribution < -0.4 is 4.90 Å². The molecular formula is C12H17ClN2. The Bertz CT molecular complexity index is 330. The van der Waals surface area contributed by atoms with Crippen molar-refractivity contribution in [2.45, 2.75) is 19.7 Å². The van der Waals surface area contributed by atoms with E-state index in [9.17, 15) is 0 Å². The van der Waals surface area contributed by atoms with E-state index in [0.29, 0.717) is 5.88 Å². The maximum atomic E-state index is 5.78. The molecule has 0 spiro atoms. The van der Waals surface area contributed by atoms with Crippen molar-refractivity contribution in [1.29, 1.82) is 0 Å². The van der Waals surface area contributed by atoms with Gasteiger partial charge in [-0.2, -0.15) is 0 Å². The zero-order valence-corrected chi connectivity index (χ0v) is 10.0. The third kappa shape index (κ3) is 2.25. The number of rotatable bonds is 2. The molecule has 1 saturated heterocycles. The summed E-state index contributed by atoms with van der Waals surface area (Å²) in [4.78, 5) is 6.63. The topological polar surface area (TPSA) is 16.1 Å². The molecule has 2 atom stereocenters. The second kappa shape index (κ2) is 4.40. The lowest BCUT2D eigenvalue weighted by Crippen LogP contribution is -2.19. The summed E-state index contributed by atoms with van der Waals surface area (Å²) in [5.41, 5.74) is 2.22. The number of nitrogens with zero attached hydrogens (tertiary/aromatic N) is 2. The van der Waals surface area contributed by atoms with Crippen molar-refractivity contribution in [3.05, 3.63) is 24.0 Å². The van der Waals surface area contributed by atoms with Gasteiger partial charge in [-0.1, -0.05) is 13.8 Å². The maximum Gasteiger partial charge on any atom is 0.0648 e. The minimum Gasteiger partial charge on any atom is -0.371 e. The third-order valence-electron chi connectivity index (χ3n) is 3.29. The summed E-state index contributed by atoms with van der Waals surface area (Å²) in [5.74, 6) is 2.04. The number of anilines is 1. The minimum atomic E-state index is 0.493. The monoisotopic (exact) mass is 224 g/mol. The normalized spacial score (nSPS) is 25.9. The first-order valence-electron chi connectivity index (χ1n) is 5.46. The first kappa shape index (κ1) is 10.7. The number of hydrogen-bond donors (Lipinski definition) is 0. The molecule has 0 saturated carbocycles. The van der Waals surface area contributed by atoms with E-state index in [0.717, 1.165) is 30.6 Å². The van der Waals surface area contributed by atoms with Gasteiger partial charge < -0.3 is 4.90 Å². The summed E-state index contributed by atoms with van der Waals surface area (Å²) in [6.07, 6.45) is 1.85. The highest BCUT2D eigenvalue weighted by Gasteiger charge is 2.26. The highest BCUT2D eigenvalue weighted by Crippen LogP contribution is 2.27. The zero-order chi connectivity index (χ0) is 10.8. The fraction of sp³-hybridized carbons (Fsp3) is 0.583. The van der Waals surface area contributed by atoms with Crippen LogP contribution in [0.25, 0.3) is 0 Å². The van der Waals surface area contributed by atoms with Crippen LogP contribution in [0.5, 0.6) is 0 Å². The van der Waals surface area contributed by atoms with E-state index in [-0.39, 0.29) is 0 Å². The van der Waals surface area contributed by atoms with Gasteiger partial charge in [0, 0.05) is 25.0 Å². The standard InChI is InChI=1S/C12H17ClN2/c1-9-7-15(8-10(9)2)12-3-4-14-11(5-12)6-13/h3-5,9-10H,6-8H2,1-2H3. The summed E-state index contributed by atoms with van der Waals surface area (Å²) < 4.78 is 0. The van der Waals surface area contributed by atoms with E-state index in [1.807, 2.05) is 6.20 Å². The van der Waals surface area contributed by atoms with Gasteiger partial charge >= 0.3 is 0 Å². The fourth-order valence-electron chi connectivity index (χ4n) is 2.08. The largest absolute Gasteiger partial charge is 0.371 e. The molecule has 82 valence electrons. The van der Waals surface area contributed by atoms with Crippen LogP contribution in [0.4, 0.5) is 5.69 Å². The summed E-state index contributed by atoms with van der Waals surface area (Å²) >= 11 is 5.78. The van der Waals surface area contributed by atoms with Gasteiger partial charge in [-0.05, 0) is 24.0 Å². The zero-order valence-electron chi connectivity index (χ0n) is 9.28. The van der Waals surface area contributed by atoms with Gasteiger partial charge in [-0.15, -0.1) is 11.6 Å². The third-order valence-corrected chi connectivity index (χ3v) is 3.56. The minimum absolute atomic E-state index is 0.493.